The Hall–Kier alpha value is -0.220. The maximum absolute atomic E-state index is 11.3. The molecule has 0 aliphatic heterocycles. The molecular formula is C10H19NO2S. The van der Waals surface area contributed by atoms with Crippen molar-refractivity contribution in [2.24, 2.45) is 11.7 Å². The second-order valence-corrected chi connectivity index (χ2v) is 4.47. The predicted octanol–water partition coefficient (Wildman–Crippen LogP) is 1.37. The van der Waals surface area contributed by atoms with E-state index in [0.717, 1.165) is 31.6 Å². The number of carbonyl (C=O) groups excluding carboxylic acids is 1. The van der Waals surface area contributed by atoms with E-state index in [-0.39, 0.29) is 12.1 Å². The Kier molecular flexibility index (Phi) is 4.75. The van der Waals surface area contributed by atoms with Gasteiger partial charge in [-0.2, -0.15) is 12.6 Å². The normalized spacial score (nSPS) is 29.6. The number of hydrogen-bond acceptors (Lipinski definition) is 4. The van der Waals surface area contributed by atoms with Crippen LogP contribution in [0, 0.1) is 5.92 Å². The highest BCUT2D eigenvalue weighted by Crippen LogP contribution is 2.25. The van der Waals surface area contributed by atoms with Gasteiger partial charge in [0.25, 0.3) is 0 Å². The summed E-state index contributed by atoms with van der Waals surface area (Å²) in [6.07, 6.45) is 4.34. The summed E-state index contributed by atoms with van der Waals surface area (Å²) in [6.45, 7) is 2.23. The van der Waals surface area contributed by atoms with E-state index in [0.29, 0.717) is 5.75 Å². The second kappa shape index (κ2) is 5.61. The lowest BCUT2D eigenvalue weighted by molar-refractivity contribution is -0.151. The Morgan fingerprint density at radius 3 is 2.57 bits per heavy atom. The molecule has 1 aliphatic carbocycles. The molecule has 3 nitrogen and oxygen atoms in total. The van der Waals surface area contributed by atoms with Gasteiger partial charge in [-0.25, -0.2) is 0 Å². The molecule has 2 N–H and O–H groups in total. The molecule has 1 fully saturated rings. The quantitative estimate of drug-likeness (QED) is 0.554. The third-order valence-electron chi connectivity index (χ3n) is 2.75. The Morgan fingerprint density at radius 1 is 1.50 bits per heavy atom. The van der Waals surface area contributed by atoms with E-state index in [9.17, 15) is 4.79 Å². The summed E-state index contributed by atoms with van der Waals surface area (Å²) in [5.41, 5.74) is 5.51. The zero-order chi connectivity index (χ0) is 10.6. The van der Waals surface area contributed by atoms with E-state index in [1.54, 1.807) is 0 Å². The fourth-order valence-electron chi connectivity index (χ4n) is 1.67. The van der Waals surface area contributed by atoms with Gasteiger partial charge in [0, 0.05) is 5.75 Å². The summed E-state index contributed by atoms with van der Waals surface area (Å²) in [5, 5.41) is 0. The maximum atomic E-state index is 11.3. The Morgan fingerprint density at radius 2 is 2.07 bits per heavy atom. The van der Waals surface area contributed by atoms with Gasteiger partial charge >= 0.3 is 5.97 Å². The van der Waals surface area contributed by atoms with Crippen molar-refractivity contribution in [2.45, 2.75) is 44.8 Å². The smallest absolute Gasteiger partial charge is 0.324 e. The molecule has 82 valence electrons. The van der Waals surface area contributed by atoms with Gasteiger partial charge in [0.1, 0.15) is 12.1 Å². The van der Waals surface area contributed by atoms with Gasteiger partial charge in [0.15, 0.2) is 0 Å². The van der Waals surface area contributed by atoms with Crippen molar-refractivity contribution in [1.82, 2.24) is 0 Å². The van der Waals surface area contributed by atoms with Gasteiger partial charge in [-0.05, 0) is 31.6 Å². The van der Waals surface area contributed by atoms with Crippen LogP contribution in [-0.4, -0.2) is 23.9 Å². The van der Waals surface area contributed by atoms with E-state index < -0.39 is 6.04 Å². The minimum absolute atomic E-state index is 0.0876. The lowest BCUT2D eigenvalue weighted by Crippen LogP contribution is -2.37. The standard InChI is InChI=1S/C10H19NO2S/c1-7-2-4-8(5-3-7)13-10(12)9(11)6-14/h7-9,14H,2-6,11H2,1H3/t7?,8?,9-/m0/s1. The zero-order valence-electron chi connectivity index (χ0n) is 8.61. The van der Waals surface area contributed by atoms with Crippen LogP contribution in [0.15, 0.2) is 0 Å². The van der Waals surface area contributed by atoms with E-state index in [1.165, 1.54) is 0 Å². The predicted molar refractivity (Wildman–Crippen MR) is 59.3 cm³/mol. The Labute approximate surface area is 90.8 Å². The van der Waals surface area contributed by atoms with Gasteiger partial charge in [0.2, 0.25) is 0 Å². The molecule has 1 rings (SSSR count). The molecular weight excluding hydrogens is 198 g/mol. The molecule has 0 heterocycles. The first-order chi connectivity index (χ1) is 6.63. The molecule has 0 aromatic heterocycles. The van der Waals surface area contributed by atoms with Crippen molar-refractivity contribution < 1.29 is 9.53 Å². The largest absolute Gasteiger partial charge is 0.461 e. The van der Waals surface area contributed by atoms with Crippen LogP contribution in [0.3, 0.4) is 0 Å². The Bertz CT molecular complexity index is 191. The van der Waals surface area contributed by atoms with E-state index in [1.807, 2.05) is 0 Å². The minimum Gasteiger partial charge on any atom is -0.461 e. The first-order valence-electron chi connectivity index (χ1n) is 5.20. The molecule has 0 aromatic carbocycles. The van der Waals surface area contributed by atoms with Crippen molar-refractivity contribution in [1.29, 1.82) is 0 Å². The third kappa shape index (κ3) is 3.50. The van der Waals surface area contributed by atoms with Crippen LogP contribution < -0.4 is 5.73 Å². The van der Waals surface area contributed by atoms with Gasteiger partial charge in [-0.3, -0.25) is 4.79 Å². The summed E-state index contributed by atoms with van der Waals surface area (Å²) >= 11 is 3.96. The Balaban J connectivity index is 2.27. The zero-order valence-corrected chi connectivity index (χ0v) is 9.50. The van der Waals surface area contributed by atoms with Crippen molar-refractivity contribution in [3.05, 3.63) is 0 Å². The summed E-state index contributed by atoms with van der Waals surface area (Å²) in [4.78, 5) is 11.3. The van der Waals surface area contributed by atoms with Crippen molar-refractivity contribution in [3.8, 4) is 0 Å². The van der Waals surface area contributed by atoms with Crippen LogP contribution >= 0.6 is 12.6 Å². The summed E-state index contributed by atoms with van der Waals surface area (Å²) in [7, 11) is 0. The molecule has 0 unspecified atom stereocenters. The molecule has 0 saturated heterocycles. The fraction of sp³-hybridized carbons (Fsp3) is 0.900. The lowest BCUT2D eigenvalue weighted by Gasteiger charge is -2.26. The van der Waals surface area contributed by atoms with Crippen molar-refractivity contribution >= 4 is 18.6 Å². The van der Waals surface area contributed by atoms with Gasteiger partial charge in [-0.1, -0.05) is 6.92 Å². The van der Waals surface area contributed by atoms with E-state index in [4.69, 9.17) is 10.5 Å². The van der Waals surface area contributed by atoms with Crippen molar-refractivity contribution in [3.63, 3.8) is 0 Å². The molecule has 0 radical (unpaired) electrons. The highest BCUT2D eigenvalue weighted by molar-refractivity contribution is 7.80. The summed E-state index contributed by atoms with van der Waals surface area (Å²) in [5.74, 6) is 0.810. The highest BCUT2D eigenvalue weighted by Gasteiger charge is 2.23. The van der Waals surface area contributed by atoms with Crippen molar-refractivity contribution in [2.75, 3.05) is 5.75 Å². The van der Waals surface area contributed by atoms with Crippen LogP contribution in [0.4, 0.5) is 0 Å². The topological polar surface area (TPSA) is 52.3 Å². The first kappa shape index (κ1) is 11.9. The maximum Gasteiger partial charge on any atom is 0.324 e. The first-order valence-corrected chi connectivity index (χ1v) is 5.83. The number of esters is 1. The van der Waals surface area contributed by atoms with Gasteiger partial charge in [-0.15, -0.1) is 0 Å². The minimum atomic E-state index is -0.572. The monoisotopic (exact) mass is 217 g/mol. The molecule has 0 spiro atoms. The second-order valence-electron chi connectivity index (χ2n) is 4.11. The number of nitrogens with two attached hydrogens (primary N) is 1. The number of carbonyl (C=O) groups is 1. The molecule has 1 atom stereocenters. The summed E-state index contributed by atoms with van der Waals surface area (Å²) < 4.78 is 5.28. The molecule has 14 heavy (non-hydrogen) atoms. The number of hydrogen-bond donors (Lipinski definition) is 2. The average Bonchev–Trinajstić information content (AvgIpc) is 2.20. The molecule has 0 bridgehead atoms. The lowest BCUT2D eigenvalue weighted by atomic mass is 9.89. The number of thiol groups is 1. The average molecular weight is 217 g/mol. The third-order valence-corrected chi connectivity index (χ3v) is 3.14. The molecule has 0 amide bonds. The van der Waals surface area contributed by atoms with Crippen LogP contribution in [0.5, 0.6) is 0 Å². The van der Waals surface area contributed by atoms with Crippen LogP contribution in [0.25, 0.3) is 0 Å². The van der Waals surface area contributed by atoms with Gasteiger partial charge in [0.05, 0.1) is 0 Å². The molecule has 1 saturated carbocycles. The number of ether oxygens (including phenoxy) is 1. The fourth-order valence-corrected chi connectivity index (χ4v) is 1.82. The summed E-state index contributed by atoms with van der Waals surface area (Å²) in [6, 6.07) is -0.572. The van der Waals surface area contributed by atoms with Crippen LogP contribution in [-0.2, 0) is 9.53 Å². The molecule has 4 heteroatoms. The van der Waals surface area contributed by atoms with E-state index in [2.05, 4.69) is 19.6 Å². The van der Waals surface area contributed by atoms with Crippen LogP contribution in [0.1, 0.15) is 32.6 Å². The molecule has 1 aliphatic rings. The van der Waals surface area contributed by atoms with Crippen LogP contribution in [0.2, 0.25) is 0 Å². The van der Waals surface area contributed by atoms with E-state index >= 15 is 0 Å². The SMILES string of the molecule is CC1CCC(OC(=O)[C@@H](N)CS)CC1. The molecule has 0 aromatic rings. The number of rotatable bonds is 3. The van der Waals surface area contributed by atoms with Gasteiger partial charge < -0.3 is 10.5 Å². The highest BCUT2D eigenvalue weighted by atomic mass is 32.1.